The number of amides is 1. The summed E-state index contributed by atoms with van der Waals surface area (Å²) in [6, 6.07) is -0.314. The Morgan fingerprint density at radius 1 is 1.22 bits per heavy atom. The van der Waals surface area contributed by atoms with Crippen LogP contribution in [-0.2, 0) is 14.6 Å². The predicted octanol–water partition coefficient (Wildman–Crippen LogP) is 2.94. The molecule has 0 saturated carbocycles. The molecule has 1 fully saturated rings. The van der Waals surface area contributed by atoms with Crippen molar-refractivity contribution < 1.29 is 13.2 Å². The number of rotatable bonds is 9. The zero-order valence-electron chi connectivity index (χ0n) is 13.3. The van der Waals surface area contributed by atoms with Crippen LogP contribution in [0, 0.1) is 0 Å². The van der Waals surface area contributed by atoms with E-state index in [0.717, 1.165) is 32.1 Å². The van der Waals surface area contributed by atoms with Gasteiger partial charge in [-0.3, -0.25) is 10.1 Å². The number of carbonyl (C=O) groups excluding carboxylic acids is 1. The lowest BCUT2D eigenvalue weighted by Crippen LogP contribution is -2.56. The summed E-state index contributed by atoms with van der Waals surface area (Å²) >= 11 is 17.7. The molecule has 0 aromatic rings. The molecular formula is C14H25Cl3N2O3S. The molecule has 0 unspecified atom stereocenters. The van der Waals surface area contributed by atoms with Gasteiger partial charge in [0.15, 0.2) is 9.84 Å². The summed E-state index contributed by atoms with van der Waals surface area (Å²) in [6.07, 6.45) is 5.11. The van der Waals surface area contributed by atoms with Crippen LogP contribution in [0.2, 0.25) is 0 Å². The molecule has 0 aromatic heterocycles. The topological polar surface area (TPSA) is 75.3 Å². The molecule has 1 heterocycles. The smallest absolute Gasteiger partial charge is 0.223 e. The summed E-state index contributed by atoms with van der Waals surface area (Å²) in [5.74, 6) is -0.0917. The largest absolute Gasteiger partial charge is 0.337 e. The van der Waals surface area contributed by atoms with Crippen molar-refractivity contribution in [2.75, 3.05) is 11.5 Å². The highest BCUT2D eigenvalue weighted by Crippen LogP contribution is 2.30. The van der Waals surface area contributed by atoms with Crippen LogP contribution in [0.15, 0.2) is 0 Å². The number of unbranched alkanes of at least 4 members (excludes halogenated alkanes) is 4. The van der Waals surface area contributed by atoms with Crippen molar-refractivity contribution >= 4 is 50.5 Å². The van der Waals surface area contributed by atoms with E-state index >= 15 is 0 Å². The Morgan fingerprint density at radius 2 is 1.87 bits per heavy atom. The summed E-state index contributed by atoms with van der Waals surface area (Å²) in [4.78, 5) is 12.0. The highest BCUT2D eigenvalue weighted by Gasteiger charge is 2.38. The zero-order chi connectivity index (χ0) is 17.5. The fraction of sp³-hybridized carbons (Fsp3) is 0.929. The van der Waals surface area contributed by atoms with Gasteiger partial charge in [0.2, 0.25) is 9.70 Å². The van der Waals surface area contributed by atoms with Crippen LogP contribution in [-0.4, -0.2) is 41.8 Å². The zero-order valence-corrected chi connectivity index (χ0v) is 16.4. The van der Waals surface area contributed by atoms with E-state index in [-0.39, 0.29) is 23.5 Å². The molecule has 9 heteroatoms. The average molecular weight is 408 g/mol. The van der Waals surface area contributed by atoms with Crippen LogP contribution in [0.1, 0.15) is 51.9 Å². The standard InChI is InChI=1S/C14H25Cl3N2O3S/c1-2-3-4-5-6-7-12(20)19-13(14(15,16)17)18-11-8-9-23(21,22)10-11/h11,13,18H,2-10H2,1H3,(H,19,20)/t11-,13-/m0/s1. The first-order chi connectivity index (χ1) is 10.6. The molecule has 0 radical (unpaired) electrons. The summed E-state index contributed by atoms with van der Waals surface area (Å²) in [5, 5.41) is 5.61. The molecule has 1 amide bonds. The first-order valence-corrected chi connectivity index (χ1v) is 10.9. The van der Waals surface area contributed by atoms with Gasteiger partial charge >= 0.3 is 0 Å². The minimum Gasteiger partial charge on any atom is -0.337 e. The molecule has 23 heavy (non-hydrogen) atoms. The number of alkyl halides is 3. The van der Waals surface area contributed by atoms with Crippen molar-refractivity contribution in [3.8, 4) is 0 Å². The maximum absolute atomic E-state index is 12.0. The summed E-state index contributed by atoms with van der Waals surface area (Å²) in [6.45, 7) is 2.13. The quantitative estimate of drug-likeness (QED) is 0.350. The highest BCUT2D eigenvalue weighted by atomic mass is 35.6. The van der Waals surface area contributed by atoms with E-state index < -0.39 is 19.8 Å². The van der Waals surface area contributed by atoms with Gasteiger partial charge in [-0.05, 0) is 12.8 Å². The normalized spacial score (nSPS) is 22.0. The predicted molar refractivity (Wildman–Crippen MR) is 95.8 cm³/mol. The van der Waals surface area contributed by atoms with E-state index in [1.807, 2.05) is 0 Å². The third-order valence-electron chi connectivity index (χ3n) is 3.77. The monoisotopic (exact) mass is 406 g/mol. The van der Waals surface area contributed by atoms with Crippen molar-refractivity contribution in [1.82, 2.24) is 10.6 Å². The Morgan fingerprint density at radius 3 is 2.39 bits per heavy atom. The van der Waals surface area contributed by atoms with Gasteiger partial charge < -0.3 is 5.32 Å². The van der Waals surface area contributed by atoms with Crippen molar-refractivity contribution in [1.29, 1.82) is 0 Å². The van der Waals surface area contributed by atoms with Crippen LogP contribution < -0.4 is 10.6 Å². The molecule has 0 bridgehead atoms. The van der Waals surface area contributed by atoms with Crippen LogP contribution >= 0.6 is 34.8 Å². The molecule has 136 valence electrons. The van der Waals surface area contributed by atoms with Crippen molar-refractivity contribution in [3.63, 3.8) is 0 Å². The molecule has 2 atom stereocenters. The molecule has 0 spiro atoms. The Bertz CT molecular complexity index is 480. The first-order valence-electron chi connectivity index (χ1n) is 7.96. The van der Waals surface area contributed by atoms with Crippen LogP contribution in [0.3, 0.4) is 0 Å². The van der Waals surface area contributed by atoms with E-state index in [1.54, 1.807) is 0 Å². The van der Waals surface area contributed by atoms with E-state index in [4.69, 9.17) is 34.8 Å². The molecular weight excluding hydrogens is 383 g/mol. The van der Waals surface area contributed by atoms with Crippen LogP contribution in [0.5, 0.6) is 0 Å². The Hall–Kier alpha value is 0.250. The number of hydrogen-bond donors (Lipinski definition) is 2. The van der Waals surface area contributed by atoms with E-state index in [9.17, 15) is 13.2 Å². The second-order valence-corrected chi connectivity index (χ2v) is 10.6. The molecule has 0 aromatic carbocycles. The number of sulfone groups is 1. The number of halogens is 3. The molecule has 1 rings (SSSR count). The fourth-order valence-electron chi connectivity index (χ4n) is 2.50. The average Bonchev–Trinajstić information content (AvgIpc) is 2.76. The van der Waals surface area contributed by atoms with Gasteiger partial charge in [-0.25, -0.2) is 8.42 Å². The van der Waals surface area contributed by atoms with Crippen LogP contribution in [0.25, 0.3) is 0 Å². The first kappa shape index (κ1) is 21.3. The molecule has 1 saturated heterocycles. The van der Waals surface area contributed by atoms with E-state index in [1.165, 1.54) is 0 Å². The van der Waals surface area contributed by atoms with Crippen molar-refractivity contribution in [3.05, 3.63) is 0 Å². The van der Waals surface area contributed by atoms with Crippen molar-refractivity contribution in [2.45, 2.75) is 67.9 Å². The molecule has 2 N–H and O–H groups in total. The highest BCUT2D eigenvalue weighted by molar-refractivity contribution is 7.91. The van der Waals surface area contributed by atoms with Gasteiger partial charge in [0, 0.05) is 12.5 Å². The SMILES string of the molecule is CCCCCCCC(=O)N[C@H](N[C@H]1CCS(=O)(=O)C1)C(Cl)(Cl)Cl. The van der Waals surface area contributed by atoms with Crippen molar-refractivity contribution in [2.24, 2.45) is 0 Å². The summed E-state index contributed by atoms with van der Waals surface area (Å²) in [5.41, 5.74) is 0. The second-order valence-electron chi connectivity index (χ2n) is 5.97. The molecule has 5 nitrogen and oxygen atoms in total. The Balaban J connectivity index is 2.44. The lowest BCUT2D eigenvalue weighted by molar-refractivity contribution is -0.122. The number of carbonyl (C=O) groups is 1. The van der Waals surface area contributed by atoms with E-state index in [0.29, 0.717) is 12.8 Å². The summed E-state index contributed by atoms with van der Waals surface area (Å²) in [7, 11) is -3.04. The Labute approximate surface area is 153 Å². The van der Waals surface area contributed by atoms with E-state index in [2.05, 4.69) is 17.6 Å². The maximum atomic E-state index is 12.0. The minimum absolute atomic E-state index is 0.00284. The lowest BCUT2D eigenvalue weighted by atomic mass is 10.1. The minimum atomic E-state index is -3.04. The van der Waals surface area contributed by atoms with Gasteiger partial charge in [0.25, 0.3) is 0 Å². The van der Waals surface area contributed by atoms with Gasteiger partial charge in [0.1, 0.15) is 6.17 Å². The lowest BCUT2D eigenvalue weighted by Gasteiger charge is -2.29. The molecule has 1 aliphatic heterocycles. The third kappa shape index (κ3) is 8.77. The second kappa shape index (κ2) is 9.66. The summed E-state index contributed by atoms with van der Waals surface area (Å²) < 4.78 is 21.2. The molecule has 1 aliphatic rings. The number of hydrogen-bond acceptors (Lipinski definition) is 4. The van der Waals surface area contributed by atoms with Gasteiger partial charge in [0.05, 0.1) is 11.5 Å². The third-order valence-corrected chi connectivity index (χ3v) is 6.20. The fourth-order valence-corrected chi connectivity index (χ4v) is 4.54. The number of nitrogens with one attached hydrogen (secondary N) is 2. The Kier molecular flexibility index (Phi) is 8.94. The maximum Gasteiger partial charge on any atom is 0.223 e. The van der Waals surface area contributed by atoms with Gasteiger partial charge in [-0.15, -0.1) is 0 Å². The van der Waals surface area contributed by atoms with Gasteiger partial charge in [-0.1, -0.05) is 67.4 Å². The van der Waals surface area contributed by atoms with Gasteiger partial charge in [-0.2, -0.15) is 0 Å². The van der Waals surface area contributed by atoms with Crippen LogP contribution in [0.4, 0.5) is 0 Å². The molecule has 0 aliphatic carbocycles.